The summed E-state index contributed by atoms with van der Waals surface area (Å²) in [7, 11) is 0. The summed E-state index contributed by atoms with van der Waals surface area (Å²) < 4.78 is 4.76. The summed E-state index contributed by atoms with van der Waals surface area (Å²) in [5.74, 6) is -1.39. The molecular weight excluding hydrogens is 192 g/mol. The van der Waals surface area contributed by atoms with Crippen LogP contribution in [0.4, 0.5) is 0 Å². The topological polar surface area (TPSA) is 43.4 Å². The predicted molar refractivity (Wildman–Crippen MR) is 57.0 cm³/mol. The van der Waals surface area contributed by atoms with E-state index in [0.29, 0.717) is 0 Å². The first-order chi connectivity index (χ1) is 6.55. The maximum atomic E-state index is 11.6. The average molecular weight is 212 g/mol. The Labute approximate surface area is 91.2 Å². The third kappa shape index (κ3) is 2.21. The Morgan fingerprint density at radius 3 is 1.27 bits per heavy atom. The predicted octanol–water partition coefficient (Wildman–Crippen LogP) is 2.39. The van der Waals surface area contributed by atoms with E-state index < -0.39 is 0 Å². The van der Waals surface area contributed by atoms with Crippen LogP contribution in [0, 0.1) is 22.7 Å². The molecule has 0 spiro atoms. The van der Waals surface area contributed by atoms with Gasteiger partial charge in [0, 0.05) is 0 Å². The lowest BCUT2D eigenvalue weighted by atomic mass is 9.65. The summed E-state index contributed by atoms with van der Waals surface area (Å²) in [6.45, 7) is 11.8. The van der Waals surface area contributed by atoms with Crippen molar-refractivity contribution in [1.82, 2.24) is 0 Å². The summed E-state index contributed by atoms with van der Waals surface area (Å²) in [6.07, 6.45) is 0. The van der Waals surface area contributed by atoms with Crippen molar-refractivity contribution in [3.63, 3.8) is 0 Å². The van der Waals surface area contributed by atoms with Crippen LogP contribution in [0.5, 0.6) is 0 Å². The van der Waals surface area contributed by atoms with E-state index in [-0.39, 0.29) is 34.6 Å². The van der Waals surface area contributed by atoms with Crippen LogP contribution in [-0.4, -0.2) is 11.9 Å². The van der Waals surface area contributed by atoms with Crippen LogP contribution in [0.15, 0.2) is 0 Å². The second-order valence-corrected chi connectivity index (χ2v) is 6.43. The van der Waals surface area contributed by atoms with Gasteiger partial charge < -0.3 is 4.74 Å². The molecule has 0 unspecified atom stereocenters. The second kappa shape index (κ2) is 3.32. The van der Waals surface area contributed by atoms with E-state index in [9.17, 15) is 9.59 Å². The molecule has 0 saturated carbocycles. The second-order valence-electron chi connectivity index (χ2n) is 6.43. The number of esters is 2. The Balaban J connectivity index is 3.12. The first-order valence-electron chi connectivity index (χ1n) is 5.30. The van der Waals surface area contributed by atoms with Crippen LogP contribution in [0.2, 0.25) is 0 Å². The SMILES string of the molecule is CC(C)(C)[C@@H]1C(=O)OC(=O)[C@@H]1C(C)(C)C. The zero-order valence-electron chi connectivity index (χ0n) is 10.4. The van der Waals surface area contributed by atoms with Gasteiger partial charge in [0.15, 0.2) is 0 Å². The van der Waals surface area contributed by atoms with Gasteiger partial charge in [-0.2, -0.15) is 0 Å². The first-order valence-corrected chi connectivity index (χ1v) is 5.30. The van der Waals surface area contributed by atoms with Crippen LogP contribution in [0.25, 0.3) is 0 Å². The van der Waals surface area contributed by atoms with Gasteiger partial charge in [-0.3, -0.25) is 9.59 Å². The molecule has 0 aromatic heterocycles. The average Bonchev–Trinajstić information content (AvgIpc) is 2.22. The fourth-order valence-electron chi connectivity index (χ4n) is 2.21. The summed E-state index contributed by atoms with van der Waals surface area (Å²) in [5, 5.41) is 0. The molecule has 0 radical (unpaired) electrons. The van der Waals surface area contributed by atoms with Crippen LogP contribution in [0.3, 0.4) is 0 Å². The number of carbonyl (C=O) groups is 2. The number of hydrogen-bond donors (Lipinski definition) is 0. The highest BCUT2D eigenvalue weighted by molar-refractivity contribution is 5.97. The molecule has 1 aliphatic rings. The molecular formula is C12H20O3. The van der Waals surface area contributed by atoms with Crippen molar-refractivity contribution in [2.45, 2.75) is 41.5 Å². The molecule has 0 N–H and O–H groups in total. The van der Waals surface area contributed by atoms with E-state index in [4.69, 9.17) is 4.74 Å². The Bertz CT molecular complexity index is 261. The largest absolute Gasteiger partial charge is 0.393 e. The van der Waals surface area contributed by atoms with E-state index in [1.165, 1.54) is 0 Å². The molecule has 0 amide bonds. The fraction of sp³-hybridized carbons (Fsp3) is 0.833. The van der Waals surface area contributed by atoms with Gasteiger partial charge in [-0.25, -0.2) is 0 Å². The van der Waals surface area contributed by atoms with Gasteiger partial charge >= 0.3 is 11.9 Å². The van der Waals surface area contributed by atoms with E-state index in [0.717, 1.165) is 0 Å². The van der Waals surface area contributed by atoms with Crippen LogP contribution >= 0.6 is 0 Å². The lowest BCUT2D eigenvalue weighted by Gasteiger charge is -2.34. The zero-order valence-corrected chi connectivity index (χ0v) is 10.4. The van der Waals surface area contributed by atoms with Crippen LogP contribution in [0.1, 0.15) is 41.5 Å². The van der Waals surface area contributed by atoms with E-state index in [1.54, 1.807) is 0 Å². The van der Waals surface area contributed by atoms with Gasteiger partial charge in [-0.1, -0.05) is 41.5 Å². The maximum Gasteiger partial charge on any atom is 0.318 e. The van der Waals surface area contributed by atoms with Crippen molar-refractivity contribution in [2.75, 3.05) is 0 Å². The number of rotatable bonds is 0. The molecule has 1 fully saturated rings. The highest BCUT2D eigenvalue weighted by Crippen LogP contribution is 2.46. The Kier molecular flexibility index (Phi) is 2.71. The smallest absolute Gasteiger partial charge is 0.318 e. The molecule has 2 atom stereocenters. The summed E-state index contributed by atoms with van der Waals surface area (Å²) in [4.78, 5) is 23.3. The molecule has 1 saturated heterocycles. The van der Waals surface area contributed by atoms with Crippen molar-refractivity contribution in [3.8, 4) is 0 Å². The standard InChI is InChI=1S/C12H20O3/c1-11(2,3)7-8(12(4,5)6)10(14)15-9(7)13/h7-8H,1-6H3/t7-,8+. The summed E-state index contributed by atoms with van der Waals surface area (Å²) >= 11 is 0. The highest BCUT2D eigenvalue weighted by atomic mass is 16.6. The monoisotopic (exact) mass is 212 g/mol. The number of carbonyl (C=O) groups excluding carboxylic acids is 2. The maximum absolute atomic E-state index is 11.6. The lowest BCUT2D eigenvalue weighted by Crippen LogP contribution is -2.38. The van der Waals surface area contributed by atoms with E-state index >= 15 is 0 Å². The summed E-state index contributed by atoms with van der Waals surface area (Å²) in [5.41, 5.74) is -0.470. The van der Waals surface area contributed by atoms with Gasteiger partial charge in [-0.15, -0.1) is 0 Å². The molecule has 0 aromatic rings. The van der Waals surface area contributed by atoms with Crippen LogP contribution < -0.4 is 0 Å². The molecule has 86 valence electrons. The molecule has 15 heavy (non-hydrogen) atoms. The van der Waals surface area contributed by atoms with Crippen molar-refractivity contribution in [3.05, 3.63) is 0 Å². The number of hydrogen-bond acceptors (Lipinski definition) is 3. The molecule has 0 aromatic carbocycles. The normalized spacial score (nSPS) is 28.1. The Morgan fingerprint density at radius 2 is 1.07 bits per heavy atom. The Hall–Kier alpha value is -0.860. The third-order valence-electron chi connectivity index (χ3n) is 2.91. The molecule has 1 rings (SSSR count). The summed E-state index contributed by atoms with van der Waals surface area (Å²) in [6, 6.07) is 0. The number of ether oxygens (including phenoxy) is 1. The molecule has 1 heterocycles. The minimum absolute atomic E-state index is 0.235. The quantitative estimate of drug-likeness (QED) is 0.457. The van der Waals surface area contributed by atoms with E-state index in [1.807, 2.05) is 41.5 Å². The minimum Gasteiger partial charge on any atom is -0.393 e. The van der Waals surface area contributed by atoms with E-state index in [2.05, 4.69) is 0 Å². The fourth-order valence-corrected chi connectivity index (χ4v) is 2.21. The van der Waals surface area contributed by atoms with Gasteiger partial charge in [0.2, 0.25) is 0 Å². The zero-order chi connectivity index (χ0) is 12.0. The minimum atomic E-state index is -0.368. The van der Waals surface area contributed by atoms with Crippen molar-refractivity contribution in [2.24, 2.45) is 22.7 Å². The first kappa shape index (κ1) is 12.2. The van der Waals surface area contributed by atoms with Crippen LogP contribution in [-0.2, 0) is 14.3 Å². The van der Waals surface area contributed by atoms with Crippen molar-refractivity contribution < 1.29 is 14.3 Å². The molecule has 3 heteroatoms. The highest BCUT2D eigenvalue weighted by Gasteiger charge is 2.54. The van der Waals surface area contributed by atoms with Gasteiger partial charge in [0.05, 0.1) is 11.8 Å². The van der Waals surface area contributed by atoms with Gasteiger partial charge in [0.25, 0.3) is 0 Å². The Morgan fingerprint density at radius 1 is 0.800 bits per heavy atom. The van der Waals surface area contributed by atoms with Gasteiger partial charge in [0.1, 0.15) is 0 Å². The number of cyclic esters (lactones) is 2. The van der Waals surface area contributed by atoms with Crippen molar-refractivity contribution >= 4 is 11.9 Å². The van der Waals surface area contributed by atoms with Crippen molar-refractivity contribution in [1.29, 1.82) is 0 Å². The lowest BCUT2D eigenvalue weighted by molar-refractivity contribution is -0.154. The molecule has 0 aliphatic carbocycles. The van der Waals surface area contributed by atoms with Gasteiger partial charge in [-0.05, 0) is 10.8 Å². The molecule has 3 nitrogen and oxygen atoms in total. The third-order valence-corrected chi connectivity index (χ3v) is 2.91. The molecule has 0 bridgehead atoms. The molecule has 1 aliphatic heterocycles.